The van der Waals surface area contributed by atoms with E-state index in [1.54, 1.807) is 13.3 Å². The van der Waals surface area contributed by atoms with Gasteiger partial charge in [0.05, 0.1) is 35.9 Å². The van der Waals surface area contributed by atoms with Crippen LogP contribution in [0.4, 0.5) is 0 Å². The lowest BCUT2D eigenvalue weighted by Gasteiger charge is -2.39. The number of aromatic nitrogens is 1. The van der Waals surface area contributed by atoms with Crippen molar-refractivity contribution in [1.29, 1.82) is 0 Å². The molecule has 2 aliphatic rings. The van der Waals surface area contributed by atoms with Gasteiger partial charge >= 0.3 is 0 Å². The second-order valence-corrected chi connectivity index (χ2v) is 6.76. The highest BCUT2D eigenvalue weighted by Gasteiger charge is 2.44. The molecule has 0 saturated carbocycles. The van der Waals surface area contributed by atoms with Gasteiger partial charge < -0.3 is 14.4 Å². The molecule has 1 amide bonds. The zero-order chi connectivity index (χ0) is 16.6. The number of carbonyl (C=O) groups excluding carboxylic acids is 1. The van der Waals surface area contributed by atoms with Crippen LogP contribution in [0, 0.1) is 0 Å². The summed E-state index contributed by atoms with van der Waals surface area (Å²) in [6.07, 6.45) is 4.67. The maximum atomic E-state index is 13.1. The summed E-state index contributed by atoms with van der Waals surface area (Å²) in [5.74, 6) is 0.0668. The van der Waals surface area contributed by atoms with Crippen molar-refractivity contribution in [1.82, 2.24) is 9.88 Å². The first-order chi connectivity index (χ1) is 11.7. The lowest BCUT2D eigenvalue weighted by Crippen LogP contribution is -2.50. The minimum absolute atomic E-state index is 0.0668. The summed E-state index contributed by atoms with van der Waals surface area (Å²) in [5, 5.41) is 0.909. The van der Waals surface area contributed by atoms with Crippen LogP contribution in [0.1, 0.15) is 29.6 Å². The zero-order valence-electron chi connectivity index (χ0n) is 13.9. The quantitative estimate of drug-likeness (QED) is 0.851. The summed E-state index contributed by atoms with van der Waals surface area (Å²) in [5.41, 5.74) is 1.34. The molecule has 2 fully saturated rings. The van der Waals surface area contributed by atoms with Crippen molar-refractivity contribution in [3.63, 3.8) is 0 Å². The smallest absolute Gasteiger partial charge is 0.254 e. The first kappa shape index (κ1) is 15.5. The maximum absolute atomic E-state index is 13.1. The third-order valence-corrected chi connectivity index (χ3v) is 5.21. The molecule has 3 heterocycles. The van der Waals surface area contributed by atoms with E-state index in [2.05, 4.69) is 4.98 Å². The van der Waals surface area contributed by atoms with Crippen LogP contribution in [0.3, 0.4) is 0 Å². The molecule has 1 aromatic heterocycles. The number of likely N-dealkylation sites (tertiary alicyclic amines) is 1. The van der Waals surface area contributed by atoms with Gasteiger partial charge in [-0.25, -0.2) is 0 Å². The minimum Gasteiger partial charge on any atom is -0.379 e. The fourth-order valence-corrected chi connectivity index (χ4v) is 3.96. The van der Waals surface area contributed by atoms with Crippen molar-refractivity contribution in [3.8, 4) is 0 Å². The van der Waals surface area contributed by atoms with Crippen molar-refractivity contribution in [3.05, 3.63) is 42.1 Å². The van der Waals surface area contributed by atoms with Crippen molar-refractivity contribution in [2.45, 2.75) is 31.0 Å². The number of benzene rings is 1. The number of pyridine rings is 1. The molecule has 5 nitrogen and oxygen atoms in total. The van der Waals surface area contributed by atoms with Gasteiger partial charge in [0.15, 0.2) is 0 Å². The Balaban J connectivity index is 1.60. The predicted octanol–water partition coefficient (Wildman–Crippen LogP) is 2.64. The van der Waals surface area contributed by atoms with Crippen LogP contribution in [0.5, 0.6) is 0 Å². The van der Waals surface area contributed by atoms with Crippen LogP contribution in [0.15, 0.2) is 36.5 Å². The van der Waals surface area contributed by atoms with Crippen molar-refractivity contribution in [2.24, 2.45) is 0 Å². The highest BCUT2D eigenvalue weighted by molar-refractivity contribution is 6.06. The maximum Gasteiger partial charge on any atom is 0.254 e. The third-order valence-electron chi connectivity index (χ3n) is 5.21. The van der Waals surface area contributed by atoms with Gasteiger partial charge in [-0.1, -0.05) is 18.2 Å². The molecule has 2 atom stereocenters. The number of para-hydroxylation sites is 1. The highest BCUT2D eigenvalue weighted by atomic mass is 16.6. The van der Waals surface area contributed by atoms with E-state index in [0.29, 0.717) is 13.2 Å². The largest absolute Gasteiger partial charge is 0.379 e. The standard InChI is InChI=1S/C19H22N2O3/c1-23-14-11-19(24-12-14)8-4-10-21(13-19)18(22)16-7-9-20-17-6-3-2-5-15(16)17/h2-3,5-7,9,14H,4,8,10-13H2,1H3/t14-,19+/m0/s1. The molecule has 4 rings (SSSR count). The van der Waals surface area contributed by atoms with Gasteiger partial charge in [0.2, 0.25) is 0 Å². The molecule has 0 radical (unpaired) electrons. The monoisotopic (exact) mass is 326 g/mol. The molecule has 0 unspecified atom stereocenters. The molecule has 2 aliphatic heterocycles. The molecule has 1 spiro atoms. The van der Waals surface area contributed by atoms with E-state index < -0.39 is 0 Å². The molecule has 0 bridgehead atoms. The third kappa shape index (κ3) is 2.68. The SMILES string of the molecule is CO[C@@H]1CO[C@]2(CCCN(C(=O)c3ccnc4ccccc34)C2)C1. The summed E-state index contributed by atoms with van der Waals surface area (Å²) in [6.45, 7) is 2.04. The van der Waals surface area contributed by atoms with E-state index in [9.17, 15) is 4.79 Å². The average Bonchev–Trinajstić information content (AvgIpc) is 3.03. The number of rotatable bonds is 2. The van der Waals surface area contributed by atoms with Crippen LogP contribution in [0.2, 0.25) is 0 Å². The second kappa shape index (κ2) is 6.15. The van der Waals surface area contributed by atoms with Crippen LogP contribution >= 0.6 is 0 Å². The van der Waals surface area contributed by atoms with Gasteiger partial charge in [0.1, 0.15) is 0 Å². The number of hydrogen-bond acceptors (Lipinski definition) is 4. The normalized spacial score (nSPS) is 27.0. The predicted molar refractivity (Wildman–Crippen MR) is 91.0 cm³/mol. The van der Waals surface area contributed by atoms with Crippen molar-refractivity contribution < 1.29 is 14.3 Å². The molecule has 0 aliphatic carbocycles. The Bertz CT molecular complexity index is 758. The average molecular weight is 326 g/mol. The van der Waals surface area contributed by atoms with E-state index in [1.807, 2.05) is 35.2 Å². The first-order valence-electron chi connectivity index (χ1n) is 8.51. The molecular weight excluding hydrogens is 304 g/mol. The van der Waals surface area contributed by atoms with E-state index in [4.69, 9.17) is 9.47 Å². The Morgan fingerprint density at radius 3 is 3.08 bits per heavy atom. The van der Waals surface area contributed by atoms with Crippen molar-refractivity contribution in [2.75, 3.05) is 26.8 Å². The fraction of sp³-hybridized carbons (Fsp3) is 0.474. The molecule has 126 valence electrons. The van der Waals surface area contributed by atoms with Gasteiger partial charge in [0.25, 0.3) is 5.91 Å². The number of carbonyl (C=O) groups is 1. The second-order valence-electron chi connectivity index (χ2n) is 6.76. The zero-order valence-corrected chi connectivity index (χ0v) is 13.9. The topological polar surface area (TPSA) is 51.7 Å². The summed E-state index contributed by atoms with van der Waals surface area (Å²) >= 11 is 0. The lowest BCUT2D eigenvalue weighted by atomic mass is 9.89. The van der Waals surface area contributed by atoms with Crippen LogP contribution < -0.4 is 0 Å². The van der Waals surface area contributed by atoms with E-state index in [1.165, 1.54) is 0 Å². The molecule has 24 heavy (non-hydrogen) atoms. The summed E-state index contributed by atoms with van der Waals surface area (Å²) < 4.78 is 11.5. The Morgan fingerprint density at radius 2 is 2.25 bits per heavy atom. The molecular formula is C19H22N2O3. The fourth-order valence-electron chi connectivity index (χ4n) is 3.96. The number of nitrogens with zero attached hydrogens (tertiary/aromatic N) is 2. The number of methoxy groups -OCH3 is 1. The Kier molecular flexibility index (Phi) is 3.98. The number of amides is 1. The number of piperidine rings is 1. The van der Waals surface area contributed by atoms with E-state index in [0.717, 1.165) is 42.3 Å². The first-order valence-corrected chi connectivity index (χ1v) is 8.51. The molecule has 1 aromatic carbocycles. The number of fused-ring (bicyclic) bond motifs is 1. The van der Waals surface area contributed by atoms with Gasteiger partial charge in [-0.3, -0.25) is 9.78 Å². The van der Waals surface area contributed by atoms with Gasteiger partial charge in [-0.05, 0) is 25.0 Å². The van der Waals surface area contributed by atoms with Gasteiger partial charge in [0, 0.05) is 31.7 Å². The van der Waals surface area contributed by atoms with E-state index in [-0.39, 0.29) is 17.6 Å². The number of ether oxygens (including phenoxy) is 2. The van der Waals surface area contributed by atoms with Crippen LogP contribution in [-0.4, -0.2) is 54.3 Å². The highest BCUT2D eigenvalue weighted by Crippen LogP contribution is 2.36. The van der Waals surface area contributed by atoms with Crippen LogP contribution in [-0.2, 0) is 9.47 Å². The summed E-state index contributed by atoms with van der Waals surface area (Å²) in [6, 6.07) is 9.60. The van der Waals surface area contributed by atoms with Crippen LogP contribution in [0.25, 0.3) is 10.9 Å². The molecule has 2 aromatic rings. The molecule has 2 saturated heterocycles. The lowest BCUT2D eigenvalue weighted by molar-refractivity contribution is -0.0458. The summed E-state index contributed by atoms with van der Waals surface area (Å²) in [7, 11) is 1.72. The Labute approximate surface area is 141 Å². The Hall–Kier alpha value is -1.98. The Morgan fingerprint density at radius 1 is 1.38 bits per heavy atom. The molecule has 0 N–H and O–H groups in total. The van der Waals surface area contributed by atoms with Gasteiger partial charge in [-0.2, -0.15) is 0 Å². The number of hydrogen-bond donors (Lipinski definition) is 0. The van der Waals surface area contributed by atoms with Gasteiger partial charge in [-0.15, -0.1) is 0 Å². The van der Waals surface area contributed by atoms with Crippen molar-refractivity contribution >= 4 is 16.8 Å². The summed E-state index contributed by atoms with van der Waals surface area (Å²) in [4.78, 5) is 19.4. The van der Waals surface area contributed by atoms with E-state index >= 15 is 0 Å². The molecule has 5 heteroatoms. The minimum atomic E-state index is -0.239.